The summed E-state index contributed by atoms with van der Waals surface area (Å²) in [4.78, 5) is 13.1. The van der Waals surface area contributed by atoms with Crippen LogP contribution in [0.2, 0.25) is 0 Å². The molecule has 1 N–H and O–H groups in total. The van der Waals surface area contributed by atoms with Crippen LogP contribution in [0.5, 0.6) is 17.2 Å². The van der Waals surface area contributed by atoms with Gasteiger partial charge in [-0.25, -0.2) is 0 Å². The number of fused-ring (bicyclic) bond motifs is 1. The minimum atomic E-state index is -0.0671. The number of anilines is 1. The van der Waals surface area contributed by atoms with E-state index in [0.717, 1.165) is 10.6 Å². The minimum absolute atomic E-state index is 0.0671. The van der Waals surface area contributed by atoms with Gasteiger partial charge in [-0.1, -0.05) is 0 Å². The van der Waals surface area contributed by atoms with Crippen LogP contribution < -0.4 is 19.5 Å². The first-order valence-electron chi connectivity index (χ1n) is 7.21. The molecule has 1 aliphatic heterocycles. The molecule has 1 heterocycles. The Bertz CT molecular complexity index is 687. The lowest BCUT2D eigenvalue weighted by Crippen LogP contribution is -2.17. The molecule has 3 rings (SSSR count). The van der Waals surface area contributed by atoms with E-state index in [4.69, 9.17) is 14.2 Å². The van der Waals surface area contributed by atoms with Crippen LogP contribution in [0.3, 0.4) is 0 Å². The van der Waals surface area contributed by atoms with Crippen molar-refractivity contribution in [2.24, 2.45) is 0 Å². The first-order valence-corrected chi connectivity index (χ1v) is 8.19. The molecule has 0 atom stereocenters. The van der Waals surface area contributed by atoms with Crippen molar-refractivity contribution >= 4 is 23.4 Å². The molecule has 1 amide bonds. The first kappa shape index (κ1) is 15.6. The van der Waals surface area contributed by atoms with Crippen LogP contribution >= 0.6 is 11.8 Å². The smallest absolute Gasteiger partial charge is 0.234 e. The Hall–Kier alpha value is -2.34. The highest BCUT2D eigenvalue weighted by Crippen LogP contribution is 2.32. The Morgan fingerprint density at radius 2 is 1.87 bits per heavy atom. The van der Waals surface area contributed by atoms with Crippen LogP contribution in [-0.4, -0.2) is 32.0 Å². The van der Waals surface area contributed by atoms with E-state index in [0.29, 0.717) is 36.2 Å². The number of hydrogen-bond acceptors (Lipinski definition) is 5. The summed E-state index contributed by atoms with van der Waals surface area (Å²) >= 11 is 1.47. The van der Waals surface area contributed by atoms with E-state index < -0.39 is 0 Å². The lowest BCUT2D eigenvalue weighted by Gasteiger charge is -2.19. The summed E-state index contributed by atoms with van der Waals surface area (Å²) in [6, 6.07) is 13.0. The van der Waals surface area contributed by atoms with Crippen molar-refractivity contribution in [3.63, 3.8) is 0 Å². The third-order valence-corrected chi connectivity index (χ3v) is 4.27. The second kappa shape index (κ2) is 7.28. The summed E-state index contributed by atoms with van der Waals surface area (Å²) in [5, 5.41) is 2.86. The Balaban J connectivity index is 1.54. The van der Waals surface area contributed by atoms with Gasteiger partial charge in [-0.15, -0.1) is 11.8 Å². The molecule has 2 aromatic rings. The van der Waals surface area contributed by atoms with Crippen LogP contribution in [-0.2, 0) is 4.79 Å². The quantitative estimate of drug-likeness (QED) is 0.853. The number of benzene rings is 2. The maximum Gasteiger partial charge on any atom is 0.234 e. The molecule has 2 aromatic carbocycles. The number of carbonyl (C=O) groups is 1. The largest absolute Gasteiger partial charge is 0.497 e. The molecular formula is C17H17NO4S. The molecule has 1 aliphatic rings. The maximum absolute atomic E-state index is 12.0. The molecular weight excluding hydrogens is 314 g/mol. The summed E-state index contributed by atoms with van der Waals surface area (Å²) < 4.78 is 16.1. The zero-order valence-corrected chi connectivity index (χ0v) is 13.5. The topological polar surface area (TPSA) is 56.8 Å². The van der Waals surface area contributed by atoms with Gasteiger partial charge in [-0.2, -0.15) is 0 Å². The summed E-state index contributed by atoms with van der Waals surface area (Å²) in [6.45, 7) is 1.08. The summed E-state index contributed by atoms with van der Waals surface area (Å²) in [6.07, 6.45) is 0. The minimum Gasteiger partial charge on any atom is -0.497 e. The molecule has 23 heavy (non-hydrogen) atoms. The van der Waals surface area contributed by atoms with E-state index in [9.17, 15) is 4.79 Å². The van der Waals surface area contributed by atoms with Crippen LogP contribution in [0.25, 0.3) is 0 Å². The fraction of sp³-hybridized carbons (Fsp3) is 0.235. The van der Waals surface area contributed by atoms with Gasteiger partial charge < -0.3 is 19.5 Å². The van der Waals surface area contributed by atoms with Gasteiger partial charge in [0.1, 0.15) is 19.0 Å². The van der Waals surface area contributed by atoms with Gasteiger partial charge in [0, 0.05) is 16.6 Å². The van der Waals surface area contributed by atoms with E-state index in [2.05, 4.69) is 5.32 Å². The van der Waals surface area contributed by atoms with E-state index in [1.54, 1.807) is 19.2 Å². The number of thioether (sulfide) groups is 1. The van der Waals surface area contributed by atoms with Gasteiger partial charge in [-0.3, -0.25) is 4.79 Å². The second-order valence-electron chi connectivity index (χ2n) is 4.87. The van der Waals surface area contributed by atoms with E-state index >= 15 is 0 Å². The molecule has 0 radical (unpaired) electrons. The van der Waals surface area contributed by atoms with Crippen molar-refractivity contribution in [3.8, 4) is 17.2 Å². The SMILES string of the molecule is COc1ccc(SCC(=O)Nc2ccc3c(c2)OCCO3)cc1. The normalized spacial score (nSPS) is 12.6. The van der Waals surface area contributed by atoms with E-state index in [1.165, 1.54) is 11.8 Å². The second-order valence-corrected chi connectivity index (χ2v) is 5.92. The molecule has 0 unspecified atom stereocenters. The summed E-state index contributed by atoms with van der Waals surface area (Å²) in [5.74, 6) is 2.44. The maximum atomic E-state index is 12.0. The number of nitrogens with one attached hydrogen (secondary N) is 1. The number of amides is 1. The van der Waals surface area contributed by atoms with Crippen molar-refractivity contribution in [2.75, 3.05) is 31.4 Å². The first-order chi connectivity index (χ1) is 11.2. The van der Waals surface area contributed by atoms with Gasteiger partial charge in [0.15, 0.2) is 11.5 Å². The molecule has 6 heteroatoms. The van der Waals surface area contributed by atoms with Crippen LogP contribution in [0, 0.1) is 0 Å². The van der Waals surface area contributed by atoms with Crippen LogP contribution in [0.4, 0.5) is 5.69 Å². The van der Waals surface area contributed by atoms with Crippen LogP contribution in [0.15, 0.2) is 47.4 Å². The molecule has 0 aliphatic carbocycles. The van der Waals surface area contributed by atoms with E-state index in [-0.39, 0.29) is 5.91 Å². The summed E-state index contributed by atoms with van der Waals surface area (Å²) in [5.41, 5.74) is 0.703. The molecule has 120 valence electrons. The average molecular weight is 331 g/mol. The fourth-order valence-electron chi connectivity index (χ4n) is 2.14. The summed E-state index contributed by atoms with van der Waals surface area (Å²) in [7, 11) is 1.63. The van der Waals surface area contributed by atoms with Gasteiger partial charge in [0.2, 0.25) is 5.91 Å². The number of rotatable bonds is 5. The highest BCUT2D eigenvalue weighted by molar-refractivity contribution is 8.00. The van der Waals surface area contributed by atoms with Crippen molar-refractivity contribution in [1.29, 1.82) is 0 Å². The number of ether oxygens (including phenoxy) is 3. The predicted molar refractivity (Wildman–Crippen MR) is 89.8 cm³/mol. The highest BCUT2D eigenvalue weighted by Gasteiger charge is 2.12. The Morgan fingerprint density at radius 1 is 1.13 bits per heavy atom. The molecule has 0 fully saturated rings. The Morgan fingerprint density at radius 3 is 2.61 bits per heavy atom. The molecule has 0 saturated heterocycles. The standard InChI is InChI=1S/C17H17NO4S/c1-20-13-3-5-14(6-4-13)23-11-17(19)18-12-2-7-15-16(10-12)22-9-8-21-15/h2-7,10H,8-9,11H2,1H3,(H,18,19). The number of hydrogen-bond donors (Lipinski definition) is 1. The van der Waals surface area contributed by atoms with Gasteiger partial charge in [0.25, 0.3) is 0 Å². The lowest BCUT2D eigenvalue weighted by atomic mass is 10.2. The number of methoxy groups -OCH3 is 1. The average Bonchev–Trinajstić information content (AvgIpc) is 2.60. The van der Waals surface area contributed by atoms with Gasteiger partial charge in [-0.05, 0) is 36.4 Å². The fourth-order valence-corrected chi connectivity index (χ4v) is 2.84. The predicted octanol–water partition coefficient (Wildman–Crippen LogP) is 3.20. The molecule has 0 spiro atoms. The zero-order valence-electron chi connectivity index (χ0n) is 12.7. The lowest BCUT2D eigenvalue weighted by molar-refractivity contribution is -0.113. The van der Waals surface area contributed by atoms with Crippen molar-refractivity contribution in [1.82, 2.24) is 0 Å². The molecule has 5 nitrogen and oxygen atoms in total. The Labute approximate surface area is 138 Å². The van der Waals surface area contributed by atoms with Crippen LogP contribution in [0.1, 0.15) is 0 Å². The zero-order chi connectivity index (χ0) is 16.1. The Kier molecular flexibility index (Phi) is 4.92. The van der Waals surface area contributed by atoms with Crippen molar-refractivity contribution in [2.45, 2.75) is 4.90 Å². The van der Waals surface area contributed by atoms with Gasteiger partial charge in [0.05, 0.1) is 12.9 Å². The van der Waals surface area contributed by atoms with Crippen molar-refractivity contribution < 1.29 is 19.0 Å². The third-order valence-electron chi connectivity index (χ3n) is 3.26. The molecule has 0 saturated carbocycles. The third kappa shape index (κ3) is 4.10. The highest BCUT2D eigenvalue weighted by atomic mass is 32.2. The van der Waals surface area contributed by atoms with Crippen molar-refractivity contribution in [3.05, 3.63) is 42.5 Å². The number of carbonyl (C=O) groups excluding carboxylic acids is 1. The molecule has 0 aromatic heterocycles. The van der Waals surface area contributed by atoms with E-state index in [1.807, 2.05) is 30.3 Å². The monoisotopic (exact) mass is 331 g/mol. The molecule has 0 bridgehead atoms. The van der Waals surface area contributed by atoms with Gasteiger partial charge >= 0.3 is 0 Å².